The van der Waals surface area contributed by atoms with Gasteiger partial charge in [0, 0.05) is 22.9 Å². The number of halogens is 2. The summed E-state index contributed by atoms with van der Waals surface area (Å²) in [7, 11) is 0. The molecule has 1 atom stereocenters. The van der Waals surface area contributed by atoms with Crippen LogP contribution in [-0.2, 0) is 11.3 Å². The van der Waals surface area contributed by atoms with Gasteiger partial charge in [-0.15, -0.1) is 0 Å². The second-order valence-corrected chi connectivity index (χ2v) is 7.30. The Labute approximate surface area is 150 Å². The van der Waals surface area contributed by atoms with Gasteiger partial charge in [0.25, 0.3) is 5.91 Å². The summed E-state index contributed by atoms with van der Waals surface area (Å²) >= 11 is 3.49. The average molecular weight is 392 g/mol. The van der Waals surface area contributed by atoms with Gasteiger partial charge in [-0.05, 0) is 52.7 Å². The second kappa shape index (κ2) is 7.45. The largest absolute Gasteiger partial charge is 0.321 e. The Morgan fingerprint density at radius 1 is 1.25 bits per heavy atom. The number of carbonyl (C=O) groups is 1. The molecule has 1 aliphatic rings. The molecule has 1 fully saturated rings. The van der Waals surface area contributed by atoms with Crippen LogP contribution in [0.4, 0.5) is 10.1 Å². The highest BCUT2D eigenvalue weighted by molar-refractivity contribution is 9.10. The Bertz CT molecular complexity index is 729. The summed E-state index contributed by atoms with van der Waals surface area (Å²) in [5.74, 6) is -0.225. The van der Waals surface area contributed by atoms with E-state index in [2.05, 4.69) is 21.2 Å². The van der Waals surface area contributed by atoms with E-state index in [0.29, 0.717) is 12.6 Å². The van der Waals surface area contributed by atoms with Crippen molar-refractivity contribution >= 4 is 27.5 Å². The normalized spacial score (nSPS) is 15.1. The zero-order valence-corrected chi connectivity index (χ0v) is 15.2. The van der Waals surface area contributed by atoms with Crippen molar-refractivity contribution < 1.29 is 14.1 Å². The average Bonchev–Trinajstić information content (AvgIpc) is 3.36. The van der Waals surface area contributed by atoms with Gasteiger partial charge < -0.3 is 10.2 Å². The molecule has 0 bridgehead atoms. The van der Waals surface area contributed by atoms with Crippen LogP contribution in [-0.4, -0.2) is 18.5 Å². The van der Waals surface area contributed by atoms with E-state index >= 15 is 0 Å². The lowest BCUT2D eigenvalue weighted by molar-refractivity contribution is -0.916. The first-order valence-corrected chi connectivity index (χ1v) is 8.95. The molecule has 2 aromatic rings. The van der Waals surface area contributed by atoms with E-state index in [0.717, 1.165) is 40.7 Å². The third kappa shape index (κ3) is 4.65. The molecule has 1 amide bonds. The van der Waals surface area contributed by atoms with Gasteiger partial charge in [-0.25, -0.2) is 4.39 Å². The number of anilines is 1. The topological polar surface area (TPSA) is 33.5 Å². The first-order chi connectivity index (χ1) is 11.5. The van der Waals surface area contributed by atoms with Crippen LogP contribution in [0.25, 0.3) is 0 Å². The monoisotopic (exact) mass is 391 g/mol. The van der Waals surface area contributed by atoms with Crippen molar-refractivity contribution in [1.82, 2.24) is 0 Å². The van der Waals surface area contributed by atoms with E-state index in [4.69, 9.17) is 0 Å². The van der Waals surface area contributed by atoms with Crippen LogP contribution in [0.1, 0.15) is 24.0 Å². The maximum Gasteiger partial charge on any atom is 0.279 e. The third-order valence-corrected chi connectivity index (χ3v) is 4.94. The first kappa shape index (κ1) is 17.1. The van der Waals surface area contributed by atoms with Crippen LogP contribution in [0, 0.1) is 12.7 Å². The van der Waals surface area contributed by atoms with Gasteiger partial charge in [-0.3, -0.25) is 4.79 Å². The Hall–Kier alpha value is -1.72. The summed E-state index contributed by atoms with van der Waals surface area (Å²) in [6.45, 7) is 3.17. The molecule has 0 spiro atoms. The molecule has 5 heteroatoms. The van der Waals surface area contributed by atoms with Crippen molar-refractivity contribution in [3.63, 3.8) is 0 Å². The van der Waals surface area contributed by atoms with Gasteiger partial charge in [-0.1, -0.05) is 18.2 Å². The summed E-state index contributed by atoms with van der Waals surface area (Å²) in [4.78, 5) is 13.7. The highest BCUT2D eigenvalue weighted by Gasteiger charge is 2.34. The maximum atomic E-state index is 13.0. The number of rotatable bonds is 6. The Kier molecular flexibility index (Phi) is 5.31. The van der Waals surface area contributed by atoms with Crippen LogP contribution < -0.4 is 10.2 Å². The van der Waals surface area contributed by atoms with Crippen LogP contribution in [0.3, 0.4) is 0 Å². The van der Waals surface area contributed by atoms with E-state index in [9.17, 15) is 9.18 Å². The summed E-state index contributed by atoms with van der Waals surface area (Å²) in [5, 5.41) is 2.98. The SMILES string of the molecule is Cc1ccc(NC(=O)C[NH+](Cc2ccc(F)cc2)C2CC2)c(Br)c1. The molecule has 3 nitrogen and oxygen atoms in total. The minimum atomic E-state index is -0.228. The molecule has 0 aromatic heterocycles. The maximum absolute atomic E-state index is 13.0. The molecule has 0 heterocycles. The number of carbonyl (C=O) groups excluding carboxylic acids is 1. The van der Waals surface area contributed by atoms with Gasteiger partial charge in [0.1, 0.15) is 12.4 Å². The third-order valence-electron chi connectivity index (χ3n) is 4.29. The van der Waals surface area contributed by atoms with Crippen molar-refractivity contribution in [2.24, 2.45) is 0 Å². The van der Waals surface area contributed by atoms with Gasteiger partial charge in [0.15, 0.2) is 6.54 Å². The Balaban J connectivity index is 1.62. The fourth-order valence-corrected chi connectivity index (χ4v) is 3.42. The fraction of sp³-hybridized carbons (Fsp3) is 0.316. The standard InChI is InChI=1S/C19H20BrFN2O/c1-13-2-9-18(17(20)10-13)22-19(24)12-23(16-7-8-16)11-14-3-5-15(21)6-4-14/h2-6,9-10,16H,7-8,11-12H2,1H3,(H,22,24)/p+1. The summed E-state index contributed by atoms with van der Waals surface area (Å²) in [6, 6.07) is 12.9. The van der Waals surface area contributed by atoms with Crippen molar-refractivity contribution in [2.75, 3.05) is 11.9 Å². The minimum Gasteiger partial charge on any atom is -0.321 e. The van der Waals surface area contributed by atoms with Gasteiger partial charge >= 0.3 is 0 Å². The van der Waals surface area contributed by atoms with Crippen molar-refractivity contribution in [2.45, 2.75) is 32.4 Å². The van der Waals surface area contributed by atoms with Crippen LogP contribution >= 0.6 is 15.9 Å². The highest BCUT2D eigenvalue weighted by Crippen LogP contribution is 2.23. The summed E-state index contributed by atoms with van der Waals surface area (Å²) in [6.07, 6.45) is 2.30. The fourth-order valence-electron chi connectivity index (χ4n) is 2.83. The number of hydrogen-bond donors (Lipinski definition) is 2. The van der Waals surface area contributed by atoms with Crippen LogP contribution in [0.15, 0.2) is 46.9 Å². The number of aryl methyl sites for hydroxylation is 1. The molecule has 2 N–H and O–H groups in total. The smallest absolute Gasteiger partial charge is 0.279 e. The minimum absolute atomic E-state index is 0.00330. The predicted octanol–water partition coefficient (Wildman–Crippen LogP) is 3.08. The lowest BCUT2D eigenvalue weighted by atomic mass is 10.2. The quantitative estimate of drug-likeness (QED) is 0.779. The van der Waals surface area contributed by atoms with Crippen molar-refractivity contribution in [1.29, 1.82) is 0 Å². The zero-order chi connectivity index (χ0) is 17.1. The summed E-state index contributed by atoms with van der Waals surface area (Å²) < 4.78 is 13.9. The highest BCUT2D eigenvalue weighted by atomic mass is 79.9. The number of quaternary nitrogens is 1. The number of hydrogen-bond acceptors (Lipinski definition) is 1. The van der Waals surface area contributed by atoms with E-state index < -0.39 is 0 Å². The molecule has 126 valence electrons. The van der Waals surface area contributed by atoms with E-state index in [1.54, 1.807) is 12.1 Å². The summed E-state index contributed by atoms with van der Waals surface area (Å²) in [5.41, 5.74) is 2.99. The Morgan fingerprint density at radius 2 is 1.96 bits per heavy atom. The van der Waals surface area contributed by atoms with Crippen molar-refractivity contribution in [3.8, 4) is 0 Å². The van der Waals surface area contributed by atoms with Crippen molar-refractivity contribution in [3.05, 3.63) is 63.9 Å². The van der Waals surface area contributed by atoms with E-state index in [1.807, 2.05) is 25.1 Å². The molecular formula is C19H21BrFN2O+. The van der Waals surface area contributed by atoms with Gasteiger partial charge in [0.2, 0.25) is 0 Å². The number of nitrogens with one attached hydrogen (secondary N) is 2. The molecule has 0 aliphatic heterocycles. The molecule has 0 radical (unpaired) electrons. The number of amides is 1. The molecule has 3 rings (SSSR count). The first-order valence-electron chi connectivity index (χ1n) is 8.16. The molecular weight excluding hydrogens is 371 g/mol. The van der Waals surface area contributed by atoms with Crippen LogP contribution in [0.5, 0.6) is 0 Å². The second-order valence-electron chi connectivity index (χ2n) is 6.44. The van der Waals surface area contributed by atoms with E-state index in [1.165, 1.54) is 17.0 Å². The van der Waals surface area contributed by atoms with Crippen LogP contribution in [0.2, 0.25) is 0 Å². The molecule has 24 heavy (non-hydrogen) atoms. The Morgan fingerprint density at radius 3 is 2.58 bits per heavy atom. The molecule has 1 aliphatic carbocycles. The molecule has 0 saturated heterocycles. The lowest BCUT2D eigenvalue weighted by Gasteiger charge is -2.19. The van der Waals surface area contributed by atoms with Gasteiger partial charge in [0.05, 0.1) is 11.7 Å². The molecule has 2 aromatic carbocycles. The van der Waals surface area contributed by atoms with Gasteiger partial charge in [-0.2, -0.15) is 0 Å². The molecule has 1 unspecified atom stereocenters. The molecule has 1 saturated carbocycles. The zero-order valence-electron chi connectivity index (χ0n) is 13.6. The lowest BCUT2D eigenvalue weighted by Crippen LogP contribution is -3.13. The predicted molar refractivity (Wildman–Crippen MR) is 96.5 cm³/mol. The van der Waals surface area contributed by atoms with E-state index in [-0.39, 0.29) is 11.7 Å². The number of benzene rings is 2.